The molecule has 0 aliphatic rings. The van der Waals surface area contributed by atoms with Gasteiger partial charge in [-0.25, -0.2) is 4.98 Å². The van der Waals surface area contributed by atoms with Crippen molar-refractivity contribution in [3.8, 4) is 0 Å². The number of aryl methyl sites for hydroxylation is 1. The third-order valence-electron chi connectivity index (χ3n) is 3.29. The quantitative estimate of drug-likeness (QED) is 0.527. The highest BCUT2D eigenvalue weighted by Crippen LogP contribution is 2.24. The fraction of sp³-hybridized carbons (Fsp3) is 0.0588. The lowest BCUT2D eigenvalue weighted by Crippen LogP contribution is -1.94. The van der Waals surface area contributed by atoms with Crippen LogP contribution in [0.15, 0.2) is 47.0 Å². The van der Waals surface area contributed by atoms with Crippen molar-refractivity contribution in [2.24, 2.45) is 0 Å². The molecule has 0 bridgehead atoms. The second-order valence-electron chi connectivity index (χ2n) is 4.96. The highest BCUT2D eigenvalue weighted by atomic mass is 35.5. The molecule has 1 aromatic heterocycles. The van der Waals surface area contributed by atoms with E-state index in [1.165, 1.54) is 6.20 Å². The standard InChI is InChI=1S/C17H12Cl2N2O2/c1-10-2-4-13(7-14(10)19)20-8-11(9-22)17-21-15-6-12(18)3-5-16(15)23-17/h2-9,20H,1H3. The molecule has 3 rings (SSSR count). The minimum Gasteiger partial charge on any atom is -0.436 e. The molecule has 0 aliphatic carbocycles. The van der Waals surface area contributed by atoms with E-state index in [0.717, 1.165) is 11.3 Å². The Kier molecular flexibility index (Phi) is 4.37. The number of hydrogen-bond acceptors (Lipinski definition) is 4. The number of oxazole rings is 1. The zero-order valence-electron chi connectivity index (χ0n) is 12.1. The molecule has 1 heterocycles. The molecule has 0 unspecified atom stereocenters. The van der Waals surface area contributed by atoms with Gasteiger partial charge in [-0.15, -0.1) is 0 Å². The van der Waals surface area contributed by atoms with Gasteiger partial charge in [0.15, 0.2) is 11.9 Å². The number of carbonyl (C=O) groups is 1. The average Bonchev–Trinajstić information content (AvgIpc) is 2.94. The van der Waals surface area contributed by atoms with Gasteiger partial charge in [-0.3, -0.25) is 4.79 Å². The van der Waals surface area contributed by atoms with Crippen molar-refractivity contribution in [2.75, 3.05) is 5.32 Å². The smallest absolute Gasteiger partial charge is 0.232 e. The Balaban J connectivity index is 1.90. The summed E-state index contributed by atoms with van der Waals surface area (Å²) in [5, 5.41) is 4.22. The van der Waals surface area contributed by atoms with Gasteiger partial charge >= 0.3 is 0 Å². The molecular weight excluding hydrogens is 335 g/mol. The molecule has 0 atom stereocenters. The van der Waals surface area contributed by atoms with Gasteiger partial charge < -0.3 is 9.73 Å². The molecule has 116 valence electrons. The lowest BCUT2D eigenvalue weighted by molar-refractivity contribution is -0.103. The number of carbonyl (C=O) groups excluding carboxylic acids is 1. The third-order valence-corrected chi connectivity index (χ3v) is 3.93. The highest BCUT2D eigenvalue weighted by molar-refractivity contribution is 6.31. The lowest BCUT2D eigenvalue weighted by Gasteiger charge is -2.04. The summed E-state index contributed by atoms with van der Waals surface area (Å²) in [6.45, 7) is 1.92. The molecule has 3 aromatic rings. The highest BCUT2D eigenvalue weighted by Gasteiger charge is 2.10. The summed E-state index contributed by atoms with van der Waals surface area (Å²) >= 11 is 12.0. The number of anilines is 1. The van der Waals surface area contributed by atoms with Crippen LogP contribution in [0.1, 0.15) is 11.5 Å². The summed E-state index contributed by atoms with van der Waals surface area (Å²) in [5.74, 6) is 0.225. The normalized spacial score (nSPS) is 11.7. The Hall–Kier alpha value is -2.30. The number of benzene rings is 2. The number of allylic oxidation sites excluding steroid dienone is 1. The first-order valence-corrected chi connectivity index (χ1v) is 7.57. The number of halogens is 2. The van der Waals surface area contributed by atoms with Crippen LogP contribution in [0.25, 0.3) is 16.7 Å². The summed E-state index contributed by atoms with van der Waals surface area (Å²) < 4.78 is 5.57. The monoisotopic (exact) mass is 346 g/mol. The summed E-state index contributed by atoms with van der Waals surface area (Å²) in [6, 6.07) is 10.6. The van der Waals surface area contributed by atoms with Gasteiger partial charge in [0.05, 0.1) is 5.57 Å². The van der Waals surface area contributed by atoms with E-state index in [4.69, 9.17) is 27.6 Å². The van der Waals surface area contributed by atoms with Crippen molar-refractivity contribution in [2.45, 2.75) is 6.92 Å². The molecule has 2 aromatic carbocycles. The van der Waals surface area contributed by atoms with Crippen LogP contribution in [0, 0.1) is 6.92 Å². The Labute approximate surface area is 142 Å². The Morgan fingerprint density at radius 2 is 2.04 bits per heavy atom. The minimum atomic E-state index is 0.225. The van der Waals surface area contributed by atoms with Gasteiger partial charge in [-0.05, 0) is 42.8 Å². The van der Waals surface area contributed by atoms with E-state index < -0.39 is 0 Å². The molecule has 0 spiro atoms. The van der Waals surface area contributed by atoms with Crippen molar-refractivity contribution in [3.05, 3.63) is 64.1 Å². The fourth-order valence-corrected chi connectivity index (χ4v) is 2.36. The molecule has 0 saturated heterocycles. The van der Waals surface area contributed by atoms with Crippen LogP contribution in [0.5, 0.6) is 0 Å². The average molecular weight is 347 g/mol. The van der Waals surface area contributed by atoms with E-state index in [9.17, 15) is 4.79 Å². The fourth-order valence-electron chi connectivity index (χ4n) is 2.01. The van der Waals surface area contributed by atoms with E-state index in [1.54, 1.807) is 24.3 Å². The summed E-state index contributed by atoms with van der Waals surface area (Å²) in [6.07, 6.45) is 2.20. The number of aldehydes is 1. The molecule has 1 N–H and O–H groups in total. The van der Waals surface area contributed by atoms with Crippen LogP contribution >= 0.6 is 23.2 Å². The second-order valence-corrected chi connectivity index (χ2v) is 5.80. The van der Waals surface area contributed by atoms with Crippen LogP contribution in [0.3, 0.4) is 0 Å². The predicted octanol–water partition coefficient (Wildman–Crippen LogP) is 5.09. The number of fused-ring (bicyclic) bond motifs is 1. The van der Waals surface area contributed by atoms with E-state index in [1.807, 2.05) is 19.1 Å². The number of nitrogens with one attached hydrogen (secondary N) is 1. The van der Waals surface area contributed by atoms with Crippen LogP contribution < -0.4 is 5.32 Å². The zero-order valence-corrected chi connectivity index (χ0v) is 13.7. The van der Waals surface area contributed by atoms with Crippen LogP contribution in [-0.2, 0) is 4.79 Å². The number of rotatable bonds is 4. The van der Waals surface area contributed by atoms with Gasteiger partial charge in [0.1, 0.15) is 5.52 Å². The van der Waals surface area contributed by atoms with E-state index in [2.05, 4.69) is 10.3 Å². The molecule has 0 radical (unpaired) electrons. The second kappa shape index (κ2) is 6.44. The SMILES string of the molecule is Cc1ccc(NC=C(C=O)c2nc3cc(Cl)ccc3o2)cc1Cl. The van der Waals surface area contributed by atoms with Crippen LogP contribution in [0.4, 0.5) is 5.69 Å². The number of hydrogen-bond donors (Lipinski definition) is 1. The largest absolute Gasteiger partial charge is 0.436 e. The maximum Gasteiger partial charge on any atom is 0.232 e. The maximum absolute atomic E-state index is 11.3. The minimum absolute atomic E-state index is 0.225. The van der Waals surface area contributed by atoms with Crippen molar-refractivity contribution in [3.63, 3.8) is 0 Å². The first kappa shape index (κ1) is 15.6. The van der Waals surface area contributed by atoms with E-state index in [0.29, 0.717) is 27.4 Å². The number of nitrogens with zero attached hydrogens (tertiary/aromatic N) is 1. The Morgan fingerprint density at radius 3 is 2.78 bits per heavy atom. The van der Waals surface area contributed by atoms with Crippen molar-refractivity contribution >= 4 is 51.8 Å². The Bertz CT molecular complexity index is 916. The molecule has 0 saturated carbocycles. The van der Waals surface area contributed by atoms with Gasteiger partial charge in [-0.1, -0.05) is 29.3 Å². The van der Waals surface area contributed by atoms with Gasteiger partial charge in [-0.2, -0.15) is 0 Å². The van der Waals surface area contributed by atoms with Gasteiger partial charge in [0.2, 0.25) is 5.89 Å². The van der Waals surface area contributed by atoms with Gasteiger partial charge in [0, 0.05) is 21.9 Å². The topological polar surface area (TPSA) is 55.1 Å². The van der Waals surface area contributed by atoms with Crippen LogP contribution in [-0.4, -0.2) is 11.3 Å². The molecule has 4 nitrogen and oxygen atoms in total. The molecule has 0 amide bonds. The maximum atomic E-state index is 11.3. The van der Waals surface area contributed by atoms with Crippen molar-refractivity contribution in [1.82, 2.24) is 4.98 Å². The lowest BCUT2D eigenvalue weighted by atomic mass is 10.2. The van der Waals surface area contributed by atoms with E-state index in [-0.39, 0.29) is 11.5 Å². The van der Waals surface area contributed by atoms with Crippen molar-refractivity contribution in [1.29, 1.82) is 0 Å². The number of aromatic nitrogens is 1. The van der Waals surface area contributed by atoms with Crippen molar-refractivity contribution < 1.29 is 9.21 Å². The summed E-state index contributed by atoms with van der Waals surface area (Å²) in [4.78, 5) is 15.6. The van der Waals surface area contributed by atoms with Crippen LogP contribution in [0.2, 0.25) is 10.0 Å². The Morgan fingerprint density at radius 1 is 1.22 bits per heavy atom. The van der Waals surface area contributed by atoms with E-state index >= 15 is 0 Å². The zero-order chi connectivity index (χ0) is 16.4. The molecule has 6 heteroatoms. The molecule has 0 fully saturated rings. The predicted molar refractivity (Wildman–Crippen MR) is 92.9 cm³/mol. The first-order chi connectivity index (χ1) is 11.1. The molecule has 23 heavy (non-hydrogen) atoms. The summed E-state index contributed by atoms with van der Waals surface area (Å²) in [5.41, 5.74) is 3.19. The first-order valence-electron chi connectivity index (χ1n) is 6.81. The molecule has 0 aliphatic heterocycles. The molecular formula is C17H12Cl2N2O2. The van der Waals surface area contributed by atoms with Gasteiger partial charge in [0.25, 0.3) is 0 Å². The summed E-state index contributed by atoms with van der Waals surface area (Å²) in [7, 11) is 0. The third kappa shape index (κ3) is 3.38.